The Morgan fingerprint density at radius 3 is 2.61 bits per heavy atom. The SMILES string of the molecule is CNSc1ccccc1Nc1nc(Nc2ccc(CN3CCNCC3)cc2)ncc1Cl. The monoisotopic (exact) mass is 455 g/mol. The van der Waals surface area contributed by atoms with Crippen molar-refractivity contribution in [3.63, 3.8) is 0 Å². The largest absolute Gasteiger partial charge is 0.338 e. The lowest BCUT2D eigenvalue weighted by Crippen LogP contribution is -2.42. The predicted octanol–water partition coefficient (Wildman–Crippen LogP) is 4.25. The molecule has 7 nitrogen and oxygen atoms in total. The third-order valence-corrected chi connectivity index (χ3v) is 5.98. The maximum Gasteiger partial charge on any atom is 0.229 e. The molecule has 3 aromatic rings. The molecule has 4 N–H and O–H groups in total. The van der Waals surface area contributed by atoms with Gasteiger partial charge in [0.15, 0.2) is 5.82 Å². The molecule has 1 aliphatic heterocycles. The summed E-state index contributed by atoms with van der Waals surface area (Å²) < 4.78 is 3.09. The average Bonchev–Trinajstić information content (AvgIpc) is 2.79. The highest BCUT2D eigenvalue weighted by Crippen LogP contribution is 2.30. The Hall–Kier alpha value is -2.36. The van der Waals surface area contributed by atoms with Crippen LogP contribution in [0, 0.1) is 0 Å². The molecule has 9 heteroatoms. The van der Waals surface area contributed by atoms with E-state index in [2.05, 4.69) is 59.8 Å². The van der Waals surface area contributed by atoms with Gasteiger partial charge in [0.1, 0.15) is 5.02 Å². The van der Waals surface area contributed by atoms with Gasteiger partial charge in [0.25, 0.3) is 0 Å². The summed E-state index contributed by atoms with van der Waals surface area (Å²) in [7, 11) is 1.89. The summed E-state index contributed by atoms with van der Waals surface area (Å²) in [4.78, 5) is 12.4. The maximum absolute atomic E-state index is 6.35. The fourth-order valence-electron chi connectivity index (χ4n) is 3.36. The number of hydrogen-bond donors (Lipinski definition) is 4. The summed E-state index contributed by atoms with van der Waals surface area (Å²) in [5.41, 5.74) is 3.15. The summed E-state index contributed by atoms with van der Waals surface area (Å²) in [6.07, 6.45) is 1.60. The minimum absolute atomic E-state index is 0.459. The molecule has 0 saturated carbocycles. The van der Waals surface area contributed by atoms with Crippen LogP contribution in [-0.4, -0.2) is 48.1 Å². The number of rotatable bonds is 8. The quantitative estimate of drug-likeness (QED) is 0.375. The van der Waals surface area contributed by atoms with Crippen LogP contribution in [0.15, 0.2) is 59.6 Å². The first-order valence-corrected chi connectivity index (χ1v) is 11.4. The van der Waals surface area contributed by atoms with Gasteiger partial charge in [-0.3, -0.25) is 9.62 Å². The number of benzene rings is 2. The molecular formula is C22H26ClN7S. The highest BCUT2D eigenvalue weighted by molar-refractivity contribution is 7.97. The van der Waals surface area contributed by atoms with Crippen LogP contribution in [-0.2, 0) is 6.54 Å². The first-order chi connectivity index (χ1) is 15.2. The van der Waals surface area contributed by atoms with Gasteiger partial charge < -0.3 is 16.0 Å². The van der Waals surface area contributed by atoms with E-state index >= 15 is 0 Å². The summed E-state index contributed by atoms with van der Waals surface area (Å²) in [6, 6.07) is 16.4. The average molecular weight is 456 g/mol. The van der Waals surface area contributed by atoms with Crippen LogP contribution in [0.4, 0.5) is 23.1 Å². The van der Waals surface area contributed by atoms with Crippen molar-refractivity contribution in [1.82, 2.24) is 24.9 Å². The van der Waals surface area contributed by atoms with Gasteiger partial charge in [-0.2, -0.15) is 4.98 Å². The summed E-state index contributed by atoms with van der Waals surface area (Å²) in [5.74, 6) is 1.04. The number of anilines is 4. The van der Waals surface area contributed by atoms with Crippen molar-refractivity contribution in [2.24, 2.45) is 0 Å². The number of hydrogen-bond acceptors (Lipinski definition) is 8. The Morgan fingerprint density at radius 1 is 1.06 bits per heavy atom. The molecule has 2 heterocycles. The number of aromatic nitrogens is 2. The van der Waals surface area contributed by atoms with Crippen LogP contribution in [0.25, 0.3) is 0 Å². The zero-order chi connectivity index (χ0) is 21.5. The Kier molecular flexibility index (Phi) is 7.61. The van der Waals surface area contributed by atoms with Crippen LogP contribution in [0.3, 0.4) is 0 Å². The molecule has 0 amide bonds. The molecule has 0 aliphatic carbocycles. The van der Waals surface area contributed by atoms with Gasteiger partial charge in [0.05, 0.1) is 11.9 Å². The van der Waals surface area contributed by atoms with Crippen LogP contribution in [0.1, 0.15) is 5.56 Å². The van der Waals surface area contributed by atoms with Gasteiger partial charge in [-0.25, -0.2) is 4.98 Å². The lowest BCUT2D eigenvalue weighted by atomic mass is 10.2. The second kappa shape index (κ2) is 10.8. The van der Waals surface area contributed by atoms with Crippen LogP contribution < -0.4 is 20.7 Å². The number of halogens is 1. The third kappa shape index (κ3) is 6.09. The van der Waals surface area contributed by atoms with E-state index in [1.165, 1.54) is 17.5 Å². The van der Waals surface area contributed by atoms with Gasteiger partial charge in [-0.05, 0) is 48.8 Å². The molecule has 1 saturated heterocycles. The lowest BCUT2D eigenvalue weighted by Gasteiger charge is -2.27. The van der Waals surface area contributed by atoms with Gasteiger partial charge in [0, 0.05) is 43.3 Å². The molecule has 4 rings (SSSR count). The Labute approximate surface area is 192 Å². The highest BCUT2D eigenvalue weighted by atomic mass is 35.5. The van der Waals surface area contributed by atoms with Gasteiger partial charge in [0.2, 0.25) is 5.95 Å². The molecule has 1 fully saturated rings. The van der Waals surface area contributed by atoms with Crippen molar-refractivity contribution in [2.45, 2.75) is 11.4 Å². The minimum Gasteiger partial charge on any atom is -0.338 e. The Balaban J connectivity index is 1.43. The topological polar surface area (TPSA) is 77.1 Å². The van der Waals surface area contributed by atoms with E-state index in [4.69, 9.17) is 11.6 Å². The van der Waals surface area contributed by atoms with Crippen molar-refractivity contribution < 1.29 is 0 Å². The predicted molar refractivity (Wildman–Crippen MR) is 130 cm³/mol. The Morgan fingerprint density at radius 2 is 1.84 bits per heavy atom. The molecule has 0 spiro atoms. The fraction of sp³-hybridized carbons (Fsp3) is 0.273. The highest BCUT2D eigenvalue weighted by Gasteiger charge is 2.11. The molecule has 1 aliphatic rings. The van der Waals surface area contributed by atoms with Crippen LogP contribution >= 0.6 is 23.5 Å². The van der Waals surface area contributed by atoms with E-state index in [-0.39, 0.29) is 0 Å². The summed E-state index contributed by atoms with van der Waals surface area (Å²) in [6.45, 7) is 5.26. The van der Waals surface area contributed by atoms with Crippen LogP contribution in [0.5, 0.6) is 0 Å². The zero-order valence-electron chi connectivity index (χ0n) is 17.4. The number of nitrogens with one attached hydrogen (secondary N) is 4. The second-order valence-corrected chi connectivity index (χ2v) is 8.62. The smallest absolute Gasteiger partial charge is 0.229 e. The number of para-hydroxylation sites is 1. The molecule has 1 aromatic heterocycles. The molecule has 0 radical (unpaired) electrons. The third-order valence-electron chi connectivity index (χ3n) is 4.92. The van der Waals surface area contributed by atoms with Crippen molar-refractivity contribution in [3.8, 4) is 0 Å². The Bertz CT molecular complexity index is 993. The van der Waals surface area contributed by atoms with Crippen molar-refractivity contribution >= 4 is 46.7 Å². The lowest BCUT2D eigenvalue weighted by molar-refractivity contribution is 0.233. The molecule has 31 heavy (non-hydrogen) atoms. The first-order valence-electron chi connectivity index (χ1n) is 10.2. The molecular weight excluding hydrogens is 430 g/mol. The van der Waals surface area contributed by atoms with E-state index < -0.39 is 0 Å². The zero-order valence-corrected chi connectivity index (χ0v) is 18.9. The molecule has 0 bridgehead atoms. The van der Waals surface area contributed by atoms with Crippen molar-refractivity contribution in [2.75, 3.05) is 43.9 Å². The molecule has 162 valence electrons. The maximum atomic E-state index is 6.35. The molecule has 0 unspecified atom stereocenters. The number of piperazine rings is 1. The van der Waals surface area contributed by atoms with E-state index in [0.717, 1.165) is 49.0 Å². The molecule has 2 aromatic carbocycles. The van der Waals surface area contributed by atoms with E-state index in [0.29, 0.717) is 16.8 Å². The normalized spacial score (nSPS) is 14.4. The minimum atomic E-state index is 0.459. The summed E-state index contributed by atoms with van der Waals surface area (Å²) in [5, 5.41) is 10.4. The number of nitrogens with zero attached hydrogens (tertiary/aromatic N) is 3. The first kappa shape index (κ1) is 21.9. The van der Waals surface area contributed by atoms with Crippen LogP contribution in [0.2, 0.25) is 5.02 Å². The standard InChI is InChI=1S/C22H26ClN7S/c1-24-31-20-5-3-2-4-19(20)28-21-18(23)14-26-22(29-21)27-17-8-6-16(7-9-17)15-30-12-10-25-11-13-30/h2-9,14,24-25H,10-13,15H2,1H3,(H2,26,27,28,29). The van der Waals surface area contributed by atoms with Gasteiger partial charge in [-0.15, -0.1) is 0 Å². The van der Waals surface area contributed by atoms with E-state index in [9.17, 15) is 0 Å². The van der Waals surface area contributed by atoms with Crippen molar-refractivity contribution in [1.29, 1.82) is 0 Å². The fourth-order valence-corrected chi connectivity index (χ4v) is 4.10. The van der Waals surface area contributed by atoms with Crippen molar-refractivity contribution in [3.05, 3.63) is 65.3 Å². The second-order valence-electron chi connectivity index (χ2n) is 7.17. The van der Waals surface area contributed by atoms with E-state index in [1.54, 1.807) is 6.20 Å². The van der Waals surface area contributed by atoms with Gasteiger partial charge >= 0.3 is 0 Å². The van der Waals surface area contributed by atoms with E-state index in [1.807, 2.05) is 31.3 Å². The molecule has 0 atom stereocenters. The van der Waals surface area contributed by atoms with Gasteiger partial charge in [-0.1, -0.05) is 35.9 Å². The summed E-state index contributed by atoms with van der Waals surface area (Å²) >= 11 is 7.87.